The van der Waals surface area contributed by atoms with Crippen LogP contribution in [-0.2, 0) is 6.18 Å². The second-order valence-electron chi connectivity index (χ2n) is 4.63. The first-order valence-corrected chi connectivity index (χ1v) is 6.55. The normalized spacial score (nSPS) is 11.0. The summed E-state index contributed by atoms with van der Waals surface area (Å²) in [5.41, 5.74) is -0.626. The fraction of sp³-hybridized carbons (Fsp3) is 0.188. The average Bonchev–Trinajstić information content (AvgIpc) is 2.53. The molecule has 0 radical (unpaired) electrons. The first-order valence-electron chi connectivity index (χ1n) is 6.55. The second-order valence-corrected chi connectivity index (χ2v) is 4.63. The van der Waals surface area contributed by atoms with E-state index in [2.05, 4.69) is 5.32 Å². The minimum absolute atomic E-state index is 0.0957. The van der Waals surface area contributed by atoms with Gasteiger partial charge in [0.2, 0.25) is 0 Å². The third kappa shape index (κ3) is 4.15. The Balaban J connectivity index is 2.26. The number of carbonyl (C=O) groups is 1. The molecule has 0 spiro atoms. The predicted molar refractivity (Wildman–Crippen MR) is 78.9 cm³/mol. The van der Waals surface area contributed by atoms with Crippen LogP contribution in [0.3, 0.4) is 0 Å². The van der Waals surface area contributed by atoms with Gasteiger partial charge in [-0.2, -0.15) is 13.2 Å². The van der Waals surface area contributed by atoms with E-state index in [1.54, 1.807) is 6.07 Å². The van der Waals surface area contributed by atoms with Gasteiger partial charge in [-0.15, -0.1) is 0 Å². The second kappa shape index (κ2) is 6.60. The van der Waals surface area contributed by atoms with E-state index in [4.69, 9.17) is 9.47 Å². The molecule has 0 aliphatic rings. The van der Waals surface area contributed by atoms with Crippen LogP contribution >= 0.6 is 0 Å². The molecular weight excluding hydrogens is 311 g/mol. The van der Waals surface area contributed by atoms with Gasteiger partial charge in [0.1, 0.15) is 11.5 Å². The number of anilines is 1. The minimum Gasteiger partial charge on any atom is -0.497 e. The Labute approximate surface area is 130 Å². The summed E-state index contributed by atoms with van der Waals surface area (Å²) in [5, 5.41) is 2.52. The van der Waals surface area contributed by atoms with E-state index in [1.807, 2.05) is 0 Å². The van der Waals surface area contributed by atoms with Gasteiger partial charge in [-0.3, -0.25) is 4.79 Å². The molecule has 23 heavy (non-hydrogen) atoms. The Bertz CT molecular complexity index is 692. The molecule has 0 bridgehead atoms. The number of amides is 1. The summed E-state index contributed by atoms with van der Waals surface area (Å²) < 4.78 is 48.2. The highest BCUT2D eigenvalue weighted by Gasteiger charge is 2.30. The van der Waals surface area contributed by atoms with E-state index in [1.165, 1.54) is 38.5 Å². The molecule has 7 heteroatoms. The van der Waals surface area contributed by atoms with E-state index in [0.717, 1.165) is 12.1 Å². The molecule has 0 atom stereocenters. The molecule has 0 saturated heterocycles. The smallest absolute Gasteiger partial charge is 0.416 e. The lowest BCUT2D eigenvalue weighted by atomic mass is 10.1. The predicted octanol–water partition coefficient (Wildman–Crippen LogP) is 3.97. The number of hydrogen-bond acceptors (Lipinski definition) is 3. The van der Waals surface area contributed by atoms with E-state index in [-0.39, 0.29) is 5.56 Å². The zero-order valence-electron chi connectivity index (χ0n) is 12.4. The highest BCUT2D eigenvalue weighted by molar-refractivity contribution is 6.04. The van der Waals surface area contributed by atoms with E-state index in [0.29, 0.717) is 17.2 Å². The maximum atomic E-state index is 12.7. The molecule has 122 valence electrons. The quantitative estimate of drug-likeness (QED) is 0.925. The molecule has 0 aliphatic heterocycles. The molecule has 0 heterocycles. The number of methoxy groups -OCH3 is 2. The number of benzene rings is 2. The lowest BCUT2D eigenvalue weighted by Crippen LogP contribution is -2.14. The van der Waals surface area contributed by atoms with Crippen molar-refractivity contribution in [2.45, 2.75) is 6.18 Å². The number of halogens is 3. The fourth-order valence-corrected chi connectivity index (χ4v) is 1.92. The standard InChI is InChI=1S/C16H14F3NO3/c1-22-13-7-12(8-14(9-13)23-2)20-15(21)10-4-3-5-11(6-10)16(17,18)19/h3-9H,1-2H3,(H,20,21). The minimum atomic E-state index is -4.50. The molecular formula is C16H14F3NO3. The lowest BCUT2D eigenvalue weighted by molar-refractivity contribution is -0.137. The van der Waals surface area contributed by atoms with Gasteiger partial charge >= 0.3 is 6.18 Å². The lowest BCUT2D eigenvalue weighted by Gasteiger charge is -2.11. The van der Waals surface area contributed by atoms with Crippen molar-refractivity contribution in [3.8, 4) is 11.5 Å². The summed E-state index contributed by atoms with van der Waals surface area (Å²) in [6.07, 6.45) is -4.50. The Hall–Kier alpha value is -2.70. The summed E-state index contributed by atoms with van der Waals surface area (Å²) >= 11 is 0. The Morgan fingerprint density at radius 3 is 2.13 bits per heavy atom. The van der Waals surface area contributed by atoms with Crippen LogP contribution < -0.4 is 14.8 Å². The Morgan fingerprint density at radius 1 is 1.00 bits per heavy atom. The molecule has 1 N–H and O–H groups in total. The summed E-state index contributed by atoms with van der Waals surface area (Å²) in [5.74, 6) is 0.235. The summed E-state index contributed by atoms with van der Waals surface area (Å²) in [6.45, 7) is 0. The Morgan fingerprint density at radius 2 is 1.61 bits per heavy atom. The van der Waals surface area contributed by atoms with Gasteiger partial charge < -0.3 is 14.8 Å². The largest absolute Gasteiger partial charge is 0.497 e. The first kappa shape index (κ1) is 16.7. The molecule has 0 unspecified atom stereocenters. The van der Waals surface area contributed by atoms with Crippen molar-refractivity contribution in [2.75, 3.05) is 19.5 Å². The summed E-state index contributed by atoms with van der Waals surface area (Å²) in [7, 11) is 2.90. The van der Waals surface area contributed by atoms with E-state index in [9.17, 15) is 18.0 Å². The maximum Gasteiger partial charge on any atom is 0.416 e. The zero-order chi connectivity index (χ0) is 17.0. The number of rotatable bonds is 4. The average molecular weight is 325 g/mol. The first-order chi connectivity index (χ1) is 10.8. The molecule has 1 amide bonds. The van der Waals surface area contributed by atoms with Gasteiger partial charge in [-0.25, -0.2) is 0 Å². The zero-order valence-corrected chi connectivity index (χ0v) is 12.4. The maximum absolute atomic E-state index is 12.7. The van der Waals surface area contributed by atoms with Crippen LogP contribution in [0.15, 0.2) is 42.5 Å². The highest BCUT2D eigenvalue weighted by Crippen LogP contribution is 2.30. The summed E-state index contributed by atoms with van der Waals surface area (Å²) in [6, 6.07) is 8.88. The van der Waals surface area contributed by atoms with Crippen molar-refractivity contribution in [1.82, 2.24) is 0 Å². The van der Waals surface area contributed by atoms with Crippen LogP contribution in [0.5, 0.6) is 11.5 Å². The fourth-order valence-electron chi connectivity index (χ4n) is 1.92. The SMILES string of the molecule is COc1cc(NC(=O)c2cccc(C(F)(F)F)c2)cc(OC)c1. The van der Waals surface area contributed by atoms with Gasteiger partial charge in [-0.1, -0.05) is 6.07 Å². The van der Waals surface area contributed by atoms with Crippen LogP contribution in [-0.4, -0.2) is 20.1 Å². The molecule has 2 aromatic carbocycles. The molecule has 0 aromatic heterocycles. The van der Waals surface area contributed by atoms with Crippen LogP contribution in [0.2, 0.25) is 0 Å². The molecule has 0 aliphatic carbocycles. The number of ether oxygens (including phenoxy) is 2. The Kier molecular flexibility index (Phi) is 4.78. The van der Waals surface area contributed by atoms with Crippen LogP contribution in [0.1, 0.15) is 15.9 Å². The molecule has 2 aromatic rings. The van der Waals surface area contributed by atoms with Crippen molar-refractivity contribution >= 4 is 11.6 Å². The van der Waals surface area contributed by atoms with E-state index >= 15 is 0 Å². The highest BCUT2D eigenvalue weighted by atomic mass is 19.4. The monoisotopic (exact) mass is 325 g/mol. The number of hydrogen-bond donors (Lipinski definition) is 1. The van der Waals surface area contributed by atoms with Gasteiger partial charge in [0.25, 0.3) is 5.91 Å². The number of carbonyl (C=O) groups excluding carboxylic acids is 1. The molecule has 4 nitrogen and oxygen atoms in total. The van der Waals surface area contributed by atoms with Gasteiger partial charge in [0.15, 0.2) is 0 Å². The van der Waals surface area contributed by atoms with Crippen molar-refractivity contribution in [1.29, 1.82) is 0 Å². The van der Waals surface area contributed by atoms with E-state index < -0.39 is 17.6 Å². The van der Waals surface area contributed by atoms with Crippen LogP contribution in [0.4, 0.5) is 18.9 Å². The van der Waals surface area contributed by atoms with Crippen molar-refractivity contribution in [3.05, 3.63) is 53.6 Å². The molecule has 2 rings (SSSR count). The summed E-state index contributed by atoms with van der Waals surface area (Å²) in [4.78, 5) is 12.1. The molecule has 0 saturated carbocycles. The van der Waals surface area contributed by atoms with Gasteiger partial charge in [0, 0.05) is 29.4 Å². The third-order valence-corrected chi connectivity index (χ3v) is 3.06. The molecule has 0 fully saturated rings. The van der Waals surface area contributed by atoms with Gasteiger partial charge in [-0.05, 0) is 18.2 Å². The number of alkyl halides is 3. The van der Waals surface area contributed by atoms with Crippen molar-refractivity contribution in [3.63, 3.8) is 0 Å². The van der Waals surface area contributed by atoms with Crippen molar-refractivity contribution in [2.24, 2.45) is 0 Å². The third-order valence-electron chi connectivity index (χ3n) is 3.06. The van der Waals surface area contributed by atoms with Crippen LogP contribution in [0.25, 0.3) is 0 Å². The topological polar surface area (TPSA) is 47.6 Å². The van der Waals surface area contributed by atoms with Crippen LogP contribution in [0, 0.1) is 0 Å². The van der Waals surface area contributed by atoms with Gasteiger partial charge in [0.05, 0.1) is 19.8 Å². The van der Waals surface area contributed by atoms with Crippen molar-refractivity contribution < 1.29 is 27.4 Å². The number of nitrogens with one attached hydrogen (secondary N) is 1.